The molecule has 2 aromatic carbocycles. The molecule has 1 N–H and O–H groups in total. The van der Waals surface area contributed by atoms with E-state index in [1.165, 1.54) is 5.56 Å². The Morgan fingerprint density at radius 2 is 1.31 bits per heavy atom. The molecule has 0 amide bonds. The minimum Gasteiger partial charge on any atom is -0.481 e. The summed E-state index contributed by atoms with van der Waals surface area (Å²) >= 11 is 0. The molecule has 2 aliphatic carbocycles. The van der Waals surface area contributed by atoms with Crippen molar-refractivity contribution in [3.05, 3.63) is 71.8 Å². The van der Waals surface area contributed by atoms with Crippen molar-refractivity contribution in [1.82, 2.24) is 0 Å². The monoisotopic (exact) mass is 396 g/mol. The molecule has 4 nitrogen and oxygen atoms in total. The molecule has 0 aromatic heterocycles. The summed E-state index contributed by atoms with van der Waals surface area (Å²) < 4.78 is 5.04. The standard InChI is InChI=1S/C13H16O2.C11H12O2.CH4/c1-3-15-12(14)11-9-13(11,2)10-7-5-4-6-8-10;1-11(7-9(11)10(12)13)8-5-3-2-4-6-8;/h4-8,11H,3,9H2,1-2H3;2-6,9H,7H2,1H3,(H,12,13);1H4. The van der Waals surface area contributed by atoms with Crippen molar-refractivity contribution in [2.75, 3.05) is 6.61 Å². The zero-order valence-electron chi connectivity index (χ0n) is 16.7. The third-order valence-corrected chi connectivity index (χ3v) is 6.21. The van der Waals surface area contributed by atoms with Crippen LogP contribution in [0.4, 0.5) is 0 Å². The maximum absolute atomic E-state index is 11.6. The molecule has 2 aliphatic rings. The van der Waals surface area contributed by atoms with Gasteiger partial charge in [-0.2, -0.15) is 0 Å². The molecule has 2 aromatic rings. The van der Waals surface area contributed by atoms with Gasteiger partial charge in [0.25, 0.3) is 0 Å². The van der Waals surface area contributed by atoms with Crippen LogP contribution in [0.1, 0.15) is 52.2 Å². The van der Waals surface area contributed by atoms with Gasteiger partial charge in [0.2, 0.25) is 0 Å². The fourth-order valence-electron chi connectivity index (χ4n) is 3.95. The molecule has 0 aliphatic heterocycles. The number of hydrogen-bond donors (Lipinski definition) is 1. The van der Waals surface area contributed by atoms with Crippen LogP contribution in [0.2, 0.25) is 0 Å². The lowest BCUT2D eigenvalue weighted by Gasteiger charge is -2.10. The lowest BCUT2D eigenvalue weighted by Crippen LogP contribution is -2.14. The van der Waals surface area contributed by atoms with Crippen LogP contribution in [0.3, 0.4) is 0 Å². The van der Waals surface area contributed by atoms with Gasteiger partial charge in [-0.05, 0) is 30.9 Å². The number of carboxylic acid groups (broad SMARTS) is 1. The second-order valence-corrected chi connectivity index (χ2v) is 8.17. The third kappa shape index (κ3) is 4.69. The molecule has 2 saturated carbocycles. The summed E-state index contributed by atoms with van der Waals surface area (Å²) in [7, 11) is 0. The molecule has 4 atom stereocenters. The Labute approximate surface area is 173 Å². The minimum absolute atomic E-state index is 0. The Balaban J connectivity index is 0.000000202. The van der Waals surface area contributed by atoms with Crippen LogP contribution in [-0.4, -0.2) is 23.7 Å². The Kier molecular flexibility index (Phi) is 6.89. The first-order chi connectivity index (χ1) is 13.3. The first-order valence-electron chi connectivity index (χ1n) is 9.83. The van der Waals surface area contributed by atoms with E-state index < -0.39 is 5.97 Å². The molecule has 0 spiro atoms. The van der Waals surface area contributed by atoms with Gasteiger partial charge >= 0.3 is 11.9 Å². The van der Waals surface area contributed by atoms with Gasteiger partial charge in [-0.1, -0.05) is 81.9 Å². The molecule has 4 rings (SSSR count). The van der Waals surface area contributed by atoms with Gasteiger partial charge in [-0.15, -0.1) is 0 Å². The van der Waals surface area contributed by atoms with Gasteiger partial charge in [0, 0.05) is 10.8 Å². The summed E-state index contributed by atoms with van der Waals surface area (Å²) in [6, 6.07) is 20.1. The Morgan fingerprint density at radius 3 is 1.69 bits per heavy atom. The number of rotatable bonds is 5. The SMILES string of the molecule is C.CC1(c2ccccc2)CC1C(=O)O.CCOC(=O)C1CC1(C)c1ccccc1. The third-order valence-electron chi connectivity index (χ3n) is 6.21. The highest BCUT2D eigenvalue weighted by Crippen LogP contribution is 2.54. The molecule has 29 heavy (non-hydrogen) atoms. The first-order valence-corrected chi connectivity index (χ1v) is 9.83. The molecular weight excluding hydrogens is 364 g/mol. The van der Waals surface area contributed by atoms with E-state index in [1.807, 2.05) is 62.4 Å². The highest BCUT2D eigenvalue weighted by atomic mass is 16.5. The van der Waals surface area contributed by atoms with Crippen LogP contribution in [0.25, 0.3) is 0 Å². The average Bonchev–Trinajstić information content (AvgIpc) is 3.60. The first kappa shape index (κ1) is 22.7. The summed E-state index contributed by atoms with van der Waals surface area (Å²) in [5, 5.41) is 8.85. The van der Waals surface area contributed by atoms with Crippen molar-refractivity contribution in [3.8, 4) is 0 Å². The van der Waals surface area contributed by atoms with E-state index in [0.29, 0.717) is 6.61 Å². The summed E-state index contributed by atoms with van der Waals surface area (Å²) in [6.45, 7) is 6.46. The number of esters is 1. The smallest absolute Gasteiger partial charge is 0.309 e. The fourth-order valence-corrected chi connectivity index (χ4v) is 3.95. The van der Waals surface area contributed by atoms with E-state index >= 15 is 0 Å². The van der Waals surface area contributed by atoms with E-state index in [4.69, 9.17) is 9.84 Å². The number of ether oxygens (including phenoxy) is 1. The van der Waals surface area contributed by atoms with Gasteiger partial charge < -0.3 is 9.84 Å². The van der Waals surface area contributed by atoms with Crippen LogP contribution in [0.15, 0.2) is 60.7 Å². The quantitative estimate of drug-likeness (QED) is 0.705. The van der Waals surface area contributed by atoms with E-state index in [1.54, 1.807) is 0 Å². The van der Waals surface area contributed by atoms with Crippen LogP contribution >= 0.6 is 0 Å². The van der Waals surface area contributed by atoms with Crippen molar-refractivity contribution < 1.29 is 19.4 Å². The highest BCUT2D eigenvalue weighted by Gasteiger charge is 2.56. The molecule has 0 bridgehead atoms. The Bertz CT molecular complexity index is 832. The van der Waals surface area contributed by atoms with Gasteiger partial charge in [0.15, 0.2) is 0 Å². The van der Waals surface area contributed by atoms with E-state index in [-0.39, 0.29) is 36.1 Å². The van der Waals surface area contributed by atoms with Gasteiger partial charge in [0.1, 0.15) is 0 Å². The van der Waals surface area contributed by atoms with Crippen LogP contribution < -0.4 is 0 Å². The van der Waals surface area contributed by atoms with Crippen molar-refractivity contribution in [2.45, 2.75) is 51.9 Å². The molecule has 0 radical (unpaired) electrons. The molecule has 4 unspecified atom stereocenters. The number of carboxylic acids is 1. The second-order valence-electron chi connectivity index (χ2n) is 8.17. The molecule has 0 heterocycles. The zero-order chi connectivity index (χ0) is 20.4. The summed E-state index contributed by atoms with van der Waals surface area (Å²) in [5.74, 6) is -0.857. The number of hydrogen-bond acceptors (Lipinski definition) is 3. The van der Waals surface area contributed by atoms with Crippen LogP contribution in [-0.2, 0) is 25.2 Å². The number of aliphatic carboxylic acids is 1. The lowest BCUT2D eigenvalue weighted by molar-refractivity contribution is -0.145. The Morgan fingerprint density at radius 1 is 0.897 bits per heavy atom. The predicted molar refractivity (Wildman–Crippen MR) is 115 cm³/mol. The van der Waals surface area contributed by atoms with E-state index in [2.05, 4.69) is 19.1 Å². The average molecular weight is 397 g/mol. The fraction of sp³-hybridized carbons (Fsp3) is 0.440. The maximum atomic E-state index is 11.6. The molecule has 0 saturated heterocycles. The summed E-state index contributed by atoms with van der Waals surface area (Å²) in [4.78, 5) is 22.3. The normalized spacial score (nSPS) is 28.8. The summed E-state index contributed by atoms with van der Waals surface area (Å²) in [5.41, 5.74) is 2.27. The van der Waals surface area contributed by atoms with Crippen molar-refractivity contribution in [3.63, 3.8) is 0 Å². The number of carbonyl (C=O) groups excluding carboxylic acids is 1. The predicted octanol–water partition coefficient (Wildman–Crippen LogP) is 5.21. The molecule has 156 valence electrons. The van der Waals surface area contributed by atoms with Crippen molar-refractivity contribution >= 4 is 11.9 Å². The van der Waals surface area contributed by atoms with Gasteiger partial charge in [-0.25, -0.2) is 0 Å². The largest absolute Gasteiger partial charge is 0.481 e. The second kappa shape index (κ2) is 8.81. The lowest BCUT2D eigenvalue weighted by atomic mass is 9.96. The van der Waals surface area contributed by atoms with Crippen LogP contribution in [0.5, 0.6) is 0 Å². The topological polar surface area (TPSA) is 63.6 Å². The zero-order valence-corrected chi connectivity index (χ0v) is 16.7. The highest BCUT2D eigenvalue weighted by molar-refractivity contribution is 5.79. The number of benzene rings is 2. The Hall–Kier alpha value is -2.62. The molecular formula is C25H32O4. The van der Waals surface area contributed by atoms with Gasteiger partial charge in [-0.3, -0.25) is 9.59 Å². The molecule has 2 fully saturated rings. The minimum atomic E-state index is -0.675. The van der Waals surface area contributed by atoms with Crippen molar-refractivity contribution in [1.29, 1.82) is 0 Å². The van der Waals surface area contributed by atoms with E-state index in [0.717, 1.165) is 18.4 Å². The van der Waals surface area contributed by atoms with Crippen LogP contribution in [0, 0.1) is 11.8 Å². The van der Waals surface area contributed by atoms with Crippen molar-refractivity contribution in [2.24, 2.45) is 11.8 Å². The number of carbonyl (C=O) groups is 2. The summed E-state index contributed by atoms with van der Waals surface area (Å²) in [6.07, 6.45) is 1.68. The van der Waals surface area contributed by atoms with Gasteiger partial charge in [0.05, 0.1) is 18.4 Å². The van der Waals surface area contributed by atoms with E-state index in [9.17, 15) is 9.59 Å². The maximum Gasteiger partial charge on any atom is 0.309 e. The molecule has 4 heteroatoms.